The van der Waals surface area contributed by atoms with E-state index in [4.69, 9.17) is 40.8 Å². The molecular weight excluding hydrogens is 688 g/mol. The third-order valence-electron chi connectivity index (χ3n) is 9.05. The smallest absolute Gasteiger partial charge is 0.458 e. The number of anilines is 1. The van der Waals surface area contributed by atoms with Crippen LogP contribution >= 0.6 is 19.4 Å². The number of fused-ring (bicyclic) bond motifs is 6. The average Bonchev–Trinajstić information content (AvgIpc) is 3.74. The van der Waals surface area contributed by atoms with E-state index in [1.165, 1.54) is 17.8 Å². The van der Waals surface area contributed by atoms with Crippen molar-refractivity contribution in [3.8, 4) is 11.4 Å². The Labute approximate surface area is 279 Å². The number of aliphatic hydroxyl groups is 1. The molecule has 4 aromatic heterocycles. The fourth-order valence-corrected chi connectivity index (χ4v) is 7.87. The van der Waals surface area contributed by atoms with Crippen molar-refractivity contribution in [2.75, 3.05) is 12.3 Å². The van der Waals surface area contributed by atoms with E-state index >= 15 is 4.39 Å². The summed E-state index contributed by atoms with van der Waals surface area (Å²) in [4.78, 5) is 54.7. The molecule has 19 heteroatoms. The van der Waals surface area contributed by atoms with Gasteiger partial charge in [-0.15, -0.1) is 0 Å². The number of benzene rings is 1. The Bertz CT molecular complexity index is 2320. The Kier molecular flexibility index (Phi) is 7.38. The van der Waals surface area contributed by atoms with Gasteiger partial charge in [0.05, 0.1) is 41.9 Å². The van der Waals surface area contributed by atoms with Gasteiger partial charge in [0.15, 0.2) is 23.9 Å². The molecular formula is C30H26ClFN7O9P. The Balaban J connectivity index is 1.08. The number of nitrogen functional groups attached to an aromatic ring is 1. The van der Waals surface area contributed by atoms with Crippen LogP contribution in [-0.4, -0.2) is 70.0 Å². The number of carbonyl (C=O) groups excluding carboxylic acids is 1. The zero-order chi connectivity index (χ0) is 34.4. The first-order valence-corrected chi connectivity index (χ1v) is 16.9. The average molecular weight is 714 g/mol. The van der Waals surface area contributed by atoms with Crippen molar-refractivity contribution >= 4 is 53.3 Å². The molecule has 7 heterocycles. The molecule has 0 spiro atoms. The number of cyclic esters (lactones) is 1. The van der Waals surface area contributed by atoms with E-state index in [9.17, 15) is 24.2 Å². The van der Waals surface area contributed by atoms with Crippen molar-refractivity contribution < 1.29 is 42.3 Å². The number of carbonyl (C=O) groups is 1. The van der Waals surface area contributed by atoms with Gasteiger partial charge in [-0.2, -0.15) is 9.97 Å². The molecule has 6 atom stereocenters. The third kappa shape index (κ3) is 4.95. The lowest BCUT2D eigenvalue weighted by Gasteiger charge is -2.36. The van der Waals surface area contributed by atoms with Crippen LogP contribution < -0.4 is 11.3 Å². The lowest BCUT2D eigenvalue weighted by Crippen LogP contribution is -2.46. The van der Waals surface area contributed by atoms with Gasteiger partial charge in [0, 0.05) is 16.5 Å². The molecule has 49 heavy (non-hydrogen) atoms. The molecule has 16 nitrogen and oxygen atoms in total. The fourth-order valence-electron chi connectivity index (χ4n) is 6.62. The van der Waals surface area contributed by atoms with Crippen LogP contribution in [0.1, 0.15) is 36.3 Å². The number of rotatable bonds is 7. The maximum Gasteiger partial charge on any atom is 0.473 e. The highest BCUT2D eigenvalue weighted by Crippen LogP contribution is 2.54. The monoisotopic (exact) mass is 713 g/mol. The van der Waals surface area contributed by atoms with E-state index in [1.54, 1.807) is 6.07 Å². The first-order valence-electron chi connectivity index (χ1n) is 15.1. The van der Waals surface area contributed by atoms with Gasteiger partial charge in [-0.25, -0.2) is 23.7 Å². The summed E-state index contributed by atoms with van der Waals surface area (Å²) >= 11 is 5.90. The third-order valence-corrected chi connectivity index (χ3v) is 10.2. The number of phosphoric acid groups is 1. The Morgan fingerprint density at radius 2 is 2.02 bits per heavy atom. The van der Waals surface area contributed by atoms with E-state index in [0.717, 1.165) is 15.5 Å². The molecule has 0 amide bonds. The molecule has 0 saturated carbocycles. The minimum Gasteiger partial charge on any atom is -0.458 e. The van der Waals surface area contributed by atoms with E-state index < -0.39 is 56.2 Å². The second-order valence-corrected chi connectivity index (χ2v) is 13.5. The summed E-state index contributed by atoms with van der Waals surface area (Å²) in [7, 11) is -5.21. The zero-order valence-corrected chi connectivity index (χ0v) is 27.0. The second-order valence-electron chi connectivity index (χ2n) is 11.8. The zero-order valence-electron chi connectivity index (χ0n) is 25.4. The number of esters is 1. The van der Waals surface area contributed by atoms with Gasteiger partial charge in [0.2, 0.25) is 10.9 Å². The second kappa shape index (κ2) is 11.3. The molecule has 0 radical (unpaired) electrons. The summed E-state index contributed by atoms with van der Waals surface area (Å²) < 4.78 is 53.2. The van der Waals surface area contributed by atoms with Crippen LogP contribution in [0.4, 0.5) is 10.2 Å². The number of halogens is 2. The minimum absolute atomic E-state index is 0.0304. The first-order chi connectivity index (χ1) is 23.4. The largest absolute Gasteiger partial charge is 0.473 e. The lowest BCUT2D eigenvalue weighted by atomic mass is 9.86. The maximum atomic E-state index is 15.3. The van der Waals surface area contributed by atoms with Crippen molar-refractivity contribution in [1.29, 1.82) is 0 Å². The van der Waals surface area contributed by atoms with Crippen molar-refractivity contribution in [2.24, 2.45) is 0 Å². The van der Waals surface area contributed by atoms with Crippen LogP contribution in [0.2, 0.25) is 5.28 Å². The molecule has 3 aliphatic heterocycles. The number of phosphoric ester groups is 1. The van der Waals surface area contributed by atoms with Crippen LogP contribution in [0.5, 0.6) is 0 Å². The normalized spacial score (nSPS) is 25.6. The van der Waals surface area contributed by atoms with Crippen LogP contribution in [0.25, 0.3) is 33.5 Å². The standard InChI is InChI=1S/C30H26ClFN7O9P/c1-2-30(16-8-18-21-14(7-13-5-3-4-6-17(13)35-21)9-38(18)26(41)15(16)10-45-28(30)42)48-49(43,44)46-11-19-23(40)20(32)27(47-19)39-12-34-22-24(33)36-29(31)37-25(22)39/h3-8,12,19-20,23,27,40H,2,9-11H2,1H3,(H,43,44)(H2,33,36,37). The number of alkyl halides is 1. The highest BCUT2D eigenvalue weighted by atomic mass is 35.5. The highest BCUT2D eigenvalue weighted by molar-refractivity contribution is 7.47. The van der Waals surface area contributed by atoms with Crippen molar-refractivity contribution in [1.82, 2.24) is 29.1 Å². The van der Waals surface area contributed by atoms with Crippen molar-refractivity contribution in [3.63, 3.8) is 0 Å². The van der Waals surface area contributed by atoms with Gasteiger partial charge >= 0.3 is 13.8 Å². The Morgan fingerprint density at radius 3 is 2.82 bits per heavy atom. The molecule has 6 unspecified atom stereocenters. The molecule has 254 valence electrons. The van der Waals surface area contributed by atoms with E-state index in [0.29, 0.717) is 16.9 Å². The van der Waals surface area contributed by atoms with Gasteiger partial charge < -0.3 is 29.8 Å². The molecule has 5 aromatic rings. The number of hydrogen-bond donors (Lipinski definition) is 3. The SMILES string of the molecule is CCC1(OP(=O)(O)OCC2OC(n3cnc4c(N)nc(Cl)nc43)C(F)C2O)C(=O)OCc2c1cc1n(c2=O)Cc2cc3ccccc3nc2-1. The molecule has 1 aromatic carbocycles. The summed E-state index contributed by atoms with van der Waals surface area (Å²) in [5.41, 5.74) is 5.77. The van der Waals surface area contributed by atoms with Gasteiger partial charge in [0.25, 0.3) is 5.56 Å². The molecule has 8 rings (SSSR count). The fraction of sp³-hybridized carbons (Fsp3) is 0.333. The van der Waals surface area contributed by atoms with Crippen LogP contribution in [0.15, 0.2) is 47.5 Å². The van der Waals surface area contributed by atoms with Crippen molar-refractivity contribution in [3.05, 3.63) is 75.1 Å². The minimum atomic E-state index is -5.21. The number of aromatic nitrogens is 6. The van der Waals surface area contributed by atoms with Crippen LogP contribution in [0.3, 0.4) is 0 Å². The quantitative estimate of drug-likeness (QED) is 0.123. The summed E-state index contributed by atoms with van der Waals surface area (Å²) in [6, 6.07) is 10.9. The number of pyridine rings is 2. The number of aliphatic hydroxyl groups excluding tert-OH is 1. The molecule has 3 aliphatic rings. The number of ether oxygens (including phenoxy) is 2. The molecule has 1 fully saturated rings. The molecule has 1 saturated heterocycles. The van der Waals surface area contributed by atoms with Gasteiger partial charge in [0.1, 0.15) is 24.3 Å². The molecule has 0 aliphatic carbocycles. The van der Waals surface area contributed by atoms with Gasteiger partial charge in [-0.05, 0) is 36.2 Å². The summed E-state index contributed by atoms with van der Waals surface area (Å²) in [5, 5.41) is 11.3. The van der Waals surface area contributed by atoms with Crippen LogP contribution in [0, 0.1) is 0 Å². The highest BCUT2D eigenvalue weighted by Gasteiger charge is 2.53. The van der Waals surface area contributed by atoms with Gasteiger partial charge in [-0.3, -0.25) is 18.4 Å². The molecule has 0 bridgehead atoms. The number of imidazole rings is 1. The molecule has 4 N–H and O–H groups in total. The predicted octanol–water partition coefficient (Wildman–Crippen LogP) is 2.89. The lowest BCUT2D eigenvalue weighted by molar-refractivity contribution is -0.171. The Hall–Kier alpha value is -4.35. The first kappa shape index (κ1) is 31.9. The number of nitrogens with two attached hydrogens (primary N) is 1. The summed E-state index contributed by atoms with van der Waals surface area (Å²) in [5.74, 6) is -1.07. The topological polar surface area (TPSA) is 216 Å². The number of nitrogens with zero attached hydrogens (tertiary/aromatic N) is 6. The van der Waals surface area contributed by atoms with Gasteiger partial charge in [-0.1, -0.05) is 25.1 Å². The van der Waals surface area contributed by atoms with E-state index in [1.807, 2.05) is 30.3 Å². The number of hydrogen-bond acceptors (Lipinski definition) is 13. The summed E-state index contributed by atoms with van der Waals surface area (Å²) in [6.07, 6.45) is -5.93. The van der Waals surface area contributed by atoms with E-state index in [-0.39, 0.29) is 53.0 Å². The Morgan fingerprint density at radius 1 is 1.22 bits per heavy atom. The van der Waals surface area contributed by atoms with Crippen LogP contribution in [-0.2, 0) is 46.6 Å². The summed E-state index contributed by atoms with van der Waals surface area (Å²) in [6.45, 7) is 0.524. The number of para-hydroxylation sites is 1. The predicted molar refractivity (Wildman–Crippen MR) is 169 cm³/mol. The van der Waals surface area contributed by atoms with Crippen molar-refractivity contribution in [2.45, 2.75) is 56.7 Å². The van der Waals surface area contributed by atoms with E-state index in [2.05, 4.69) is 15.0 Å². The maximum absolute atomic E-state index is 15.3.